The second kappa shape index (κ2) is 6.24. The topological polar surface area (TPSA) is 51.0 Å². The van der Waals surface area contributed by atoms with Crippen molar-refractivity contribution in [1.29, 1.82) is 0 Å². The molecule has 1 unspecified atom stereocenters. The van der Waals surface area contributed by atoms with Gasteiger partial charge in [0.15, 0.2) is 0 Å². The number of carbonyl (C=O) groups is 1. The van der Waals surface area contributed by atoms with Crippen LogP contribution in [0.3, 0.4) is 0 Å². The number of benzene rings is 1. The van der Waals surface area contributed by atoms with E-state index in [0.717, 1.165) is 5.56 Å². The Morgan fingerprint density at radius 2 is 2.00 bits per heavy atom. The summed E-state index contributed by atoms with van der Waals surface area (Å²) >= 11 is 10.9. The van der Waals surface area contributed by atoms with Gasteiger partial charge in [-0.25, -0.2) is 9.98 Å². The molecule has 0 amide bonds. The molecule has 1 aliphatic heterocycles. The van der Waals surface area contributed by atoms with Gasteiger partial charge in [-0.3, -0.25) is 4.79 Å². The summed E-state index contributed by atoms with van der Waals surface area (Å²) in [5, 5.41) is 0.832. The molecule has 6 heteroatoms. The lowest BCUT2D eigenvalue weighted by Gasteiger charge is -2.21. The minimum atomic E-state index is -0.622. The molecule has 1 aromatic carbocycles. The van der Waals surface area contributed by atoms with Crippen molar-refractivity contribution in [1.82, 2.24) is 0 Å². The highest BCUT2D eigenvalue weighted by atomic mass is 35.5. The van der Waals surface area contributed by atoms with E-state index in [9.17, 15) is 4.79 Å². The Morgan fingerprint density at radius 1 is 1.35 bits per heavy atom. The van der Waals surface area contributed by atoms with Crippen LogP contribution in [0, 0.1) is 5.92 Å². The van der Waals surface area contributed by atoms with Crippen LogP contribution in [0.2, 0.25) is 5.02 Å². The number of ether oxygens (including phenoxy) is 1. The van der Waals surface area contributed by atoms with Gasteiger partial charge in [0.1, 0.15) is 5.92 Å². The lowest BCUT2D eigenvalue weighted by atomic mass is 9.92. The monoisotopic (exact) mass is 308 g/mol. The Kier molecular flexibility index (Phi) is 4.62. The summed E-state index contributed by atoms with van der Waals surface area (Å²) in [5.74, 6) is -0.993. The molecule has 0 spiro atoms. The molecule has 20 heavy (non-hydrogen) atoms. The molecule has 0 aliphatic carbocycles. The second-order valence-corrected chi connectivity index (χ2v) is 5.03. The average Bonchev–Trinajstić information content (AvgIpc) is 2.38. The number of nitrogens with zero attached hydrogens (tertiary/aromatic N) is 2. The third kappa shape index (κ3) is 3.11. The summed E-state index contributed by atoms with van der Waals surface area (Å²) in [7, 11) is 0. The molecule has 0 saturated heterocycles. The minimum absolute atomic E-state index is 0.216. The van der Waals surface area contributed by atoms with Crippen LogP contribution in [-0.2, 0) is 9.53 Å². The minimum Gasteiger partial charge on any atom is -0.465 e. The number of halogens is 1. The molecule has 1 aromatic rings. The maximum Gasteiger partial charge on any atom is 0.320 e. The van der Waals surface area contributed by atoms with E-state index in [0.29, 0.717) is 23.1 Å². The van der Waals surface area contributed by atoms with Crippen LogP contribution < -0.4 is 0 Å². The molecule has 0 bridgehead atoms. The predicted octanol–water partition coefficient (Wildman–Crippen LogP) is 3.07. The first-order chi connectivity index (χ1) is 9.52. The predicted molar refractivity (Wildman–Crippen MR) is 83.8 cm³/mol. The average molecular weight is 309 g/mol. The number of carbonyl (C=O) groups excluding carboxylic acids is 1. The van der Waals surface area contributed by atoms with Gasteiger partial charge in [0, 0.05) is 10.7 Å². The lowest BCUT2D eigenvalue weighted by Crippen LogP contribution is -2.36. The molecule has 1 heterocycles. The van der Waals surface area contributed by atoms with Gasteiger partial charge in [-0.05, 0) is 43.8 Å². The quantitative estimate of drug-likeness (QED) is 0.637. The second-order valence-electron chi connectivity index (χ2n) is 4.22. The fraction of sp³-hybridized carbons (Fsp3) is 0.286. The van der Waals surface area contributed by atoms with Gasteiger partial charge in [-0.1, -0.05) is 23.7 Å². The summed E-state index contributed by atoms with van der Waals surface area (Å²) in [4.78, 5) is 20.4. The van der Waals surface area contributed by atoms with E-state index >= 15 is 0 Å². The van der Waals surface area contributed by atoms with Gasteiger partial charge in [0.25, 0.3) is 0 Å². The van der Waals surface area contributed by atoms with E-state index in [-0.39, 0.29) is 11.1 Å². The first kappa shape index (κ1) is 14.8. The largest absolute Gasteiger partial charge is 0.465 e. The van der Waals surface area contributed by atoms with Crippen LogP contribution in [0.15, 0.2) is 34.3 Å². The number of aliphatic imine (C=N–C) groups is 2. The molecule has 0 fully saturated rings. The lowest BCUT2D eigenvalue weighted by molar-refractivity contribution is -0.143. The van der Waals surface area contributed by atoms with Crippen molar-refractivity contribution in [3.8, 4) is 0 Å². The summed E-state index contributed by atoms with van der Waals surface area (Å²) in [5.41, 5.74) is 1.93. The van der Waals surface area contributed by atoms with E-state index in [2.05, 4.69) is 9.98 Å². The third-order valence-corrected chi connectivity index (χ3v) is 3.28. The zero-order chi connectivity index (χ0) is 14.7. The number of hydrogen-bond donors (Lipinski definition) is 0. The molecular weight excluding hydrogens is 296 g/mol. The summed E-state index contributed by atoms with van der Waals surface area (Å²) in [6.45, 7) is 3.82. The molecule has 104 valence electrons. The highest BCUT2D eigenvalue weighted by Gasteiger charge is 2.32. The highest BCUT2D eigenvalue weighted by Crippen LogP contribution is 2.20. The molecule has 0 radical (unpaired) electrons. The van der Waals surface area contributed by atoms with Gasteiger partial charge in [-0.15, -0.1) is 0 Å². The van der Waals surface area contributed by atoms with Crippen LogP contribution >= 0.6 is 23.8 Å². The molecule has 1 atom stereocenters. The van der Waals surface area contributed by atoms with E-state index in [1.54, 1.807) is 38.1 Å². The zero-order valence-corrected chi connectivity index (χ0v) is 12.7. The number of thiocarbonyl (C=S) groups is 1. The van der Waals surface area contributed by atoms with Crippen LogP contribution in [0.5, 0.6) is 0 Å². The van der Waals surface area contributed by atoms with Gasteiger partial charge >= 0.3 is 5.97 Å². The van der Waals surface area contributed by atoms with Gasteiger partial charge in [0.2, 0.25) is 5.11 Å². The molecule has 0 saturated carbocycles. The van der Waals surface area contributed by atoms with Gasteiger partial charge < -0.3 is 4.74 Å². The Bertz CT molecular complexity index is 608. The summed E-state index contributed by atoms with van der Waals surface area (Å²) in [6, 6.07) is 7.08. The Morgan fingerprint density at radius 3 is 2.60 bits per heavy atom. The van der Waals surface area contributed by atoms with Crippen molar-refractivity contribution in [2.45, 2.75) is 13.8 Å². The van der Waals surface area contributed by atoms with Gasteiger partial charge in [0.05, 0.1) is 12.3 Å². The van der Waals surface area contributed by atoms with Crippen molar-refractivity contribution in [3.05, 3.63) is 34.9 Å². The fourth-order valence-electron chi connectivity index (χ4n) is 1.97. The first-order valence-electron chi connectivity index (χ1n) is 6.13. The number of esters is 1. The molecule has 1 aliphatic rings. The van der Waals surface area contributed by atoms with E-state index in [1.807, 2.05) is 0 Å². The standard InChI is InChI=1S/C14H13ClN2O2S/c1-3-19-13(18)11-8(2)16-14(20)17-12(11)9-4-6-10(15)7-5-9/h4-7,11H,3H2,1-2H3. The maximum absolute atomic E-state index is 12.1. The third-order valence-electron chi connectivity index (χ3n) is 2.84. The summed E-state index contributed by atoms with van der Waals surface area (Å²) < 4.78 is 5.09. The van der Waals surface area contributed by atoms with Crippen molar-refractivity contribution in [2.75, 3.05) is 6.61 Å². The Labute approximate surface area is 127 Å². The summed E-state index contributed by atoms with van der Waals surface area (Å²) in [6.07, 6.45) is 0. The van der Waals surface area contributed by atoms with Crippen molar-refractivity contribution >= 4 is 46.3 Å². The molecule has 4 nitrogen and oxygen atoms in total. The van der Waals surface area contributed by atoms with Crippen LogP contribution in [-0.4, -0.2) is 29.1 Å². The van der Waals surface area contributed by atoms with Crippen molar-refractivity contribution < 1.29 is 9.53 Å². The Balaban J connectivity index is 2.43. The maximum atomic E-state index is 12.1. The van der Waals surface area contributed by atoms with Crippen LogP contribution in [0.25, 0.3) is 0 Å². The van der Waals surface area contributed by atoms with Crippen molar-refractivity contribution in [2.24, 2.45) is 15.9 Å². The zero-order valence-electron chi connectivity index (χ0n) is 11.1. The smallest absolute Gasteiger partial charge is 0.320 e. The first-order valence-corrected chi connectivity index (χ1v) is 6.92. The highest BCUT2D eigenvalue weighted by molar-refractivity contribution is 7.80. The van der Waals surface area contributed by atoms with Gasteiger partial charge in [-0.2, -0.15) is 0 Å². The normalized spacial score (nSPS) is 18.4. The van der Waals surface area contributed by atoms with E-state index in [4.69, 9.17) is 28.6 Å². The SMILES string of the molecule is CCOC(=O)C1C(C)=NC(=S)N=C1c1ccc(Cl)cc1. The van der Waals surface area contributed by atoms with E-state index < -0.39 is 5.92 Å². The molecule has 0 aromatic heterocycles. The Hall–Kier alpha value is -1.59. The van der Waals surface area contributed by atoms with Crippen LogP contribution in [0.1, 0.15) is 19.4 Å². The molecular formula is C14H13ClN2O2S. The van der Waals surface area contributed by atoms with E-state index in [1.165, 1.54) is 0 Å². The number of hydrogen-bond acceptors (Lipinski definition) is 3. The van der Waals surface area contributed by atoms with Crippen LogP contribution in [0.4, 0.5) is 0 Å². The fourth-order valence-corrected chi connectivity index (χ4v) is 2.33. The number of rotatable bonds is 3. The molecule has 0 N–H and O–H groups in total. The van der Waals surface area contributed by atoms with Crippen molar-refractivity contribution in [3.63, 3.8) is 0 Å². The molecule has 2 rings (SSSR count).